The van der Waals surface area contributed by atoms with Gasteiger partial charge in [0.1, 0.15) is 0 Å². The molecule has 2 N–H and O–H groups in total. The van der Waals surface area contributed by atoms with Crippen molar-refractivity contribution in [1.29, 1.82) is 0 Å². The summed E-state index contributed by atoms with van der Waals surface area (Å²) in [4.78, 5) is 14.1. The van der Waals surface area contributed by atoms with E-state index in [1.165, 1.54) is 6.20 Å². The molecule has 1 aromatic rings. The van der Waals surface area contributed by atoms with E-state index < -0.39 is 5.91 Å². The summed E-state index contributed by atoms with van der Waals surface area (Å²) in [5, 5.41) is 0. The van der Waals surface area contributed by atoms with Gasteiger partial charge in [-0.1, -0.05) is 27.7 Å². The SMILES string of the molecule is CC.CC.NC(=O)c1cccnc1. The van der Waals surface area contributed by atoms with Gasteiger partial charge in [-0.2, -0.15) is 0 Å². The number of pyridine rings is 1. The molecule has 0 spiro atoms. The van der Waals surface area contributed by atoms with E-state index in [1.807, 2.05) is 27.7 Å². The molecule has 0 unspecified atom stereocenters. The second-order valence-corrected chi connectivity index (χ2v) is 1.61. The van der Waals surface area contributed by atoms with Gasteiger partial charge in [0.05, 0.1) is 5.56 Å². The average molecular weight is 182 g/mol. The van der Waals surface area contributed by atoms with E-state index in [0.717, 1.165) is 0 Å². The normalized spacial score (nSPS) is 7.08. The van der Waals surface area contributed by atoms with Crippen LogP contribution in [0.4, 0.5) is 0 Å². The number of aromatic nitrogens is 1. The molecule has 1 amide bonds. The van der Waals surface area contributed by atoms with Crippen LogP contribution in [0.25, 0.3) is 0 Å². The third-order valence-electron chi connectivity index (χ3n) is 0.946. The molecular formula is C10H18N2O. The molecule has 0 radical (unpaired) electrons. The molecule has 0 saturated heterocycles. The van der Waals surface area contributed by atoms with E-state index in [4.69, 9.17) is 5.73 Å². The Morgan fingerprint density at radius 2 is 1.85 bits per heavy atom. The number of hydrogen-bond acceptors (Lipinski definition) is 2. The zero-order valence-electron chi connectivity index (χ0n) is 8.74. The summed E-state index contributed by atoms with van der Waals surface area (Å²) in [5.41, 5.74) is 5.38. The molecule has 0 saturated carbocycles. The Hall–Kier alpha value is -1.38. The summed E-state index contributed by atoms with van der Waals surface area (Å²) in [7, 11) is 0. The second-order valence-electron chi connectivity index (χ2n) is 1.61. The van der Waals surface area contributed by atoms with Crippen LogP contribution >= 0.6 is 0 Å². The molecule has 1 rings (SSSR count). The van der Waals surface area contributed by atoms with E-state index in [-0.39, 0.29) is 0 Å². The monoisotopic (exact) mass is 182 g/mol. The first-order chi connectivity index (χ1) is 6.30. The predicted molar refractivity (Wildman–Crippen MR) is 55.5 cm³/mol. The van der Waals surface area contributed by atoms with Gasteiger partial charge >= 0.3 is 0 Å². The molecule has 13 heavy (non-hydrogen) atoms. The van der Waals surface area contributed by atoms with Crippen LogP contribution in [-0.2, 0) is 0 Å². The van der Waals surface area contributed by atoms with Gasteiger partial charge < -0.3 is 5.73 Å². The van der Waals surface area contributed by atoms with Crippen LogP contribution in [0.15, 0.2) is 24.5 Å². The number of hydrogen-bond donors (Lipinski definition) is 1. The highest BCUT2D eigenvalue weighted by molar-refractivity contribution is 5.92. The molecule has 0 aliphatic carbocycles. The summed E-state index contributed by atoms with van der Waals surface area (Å²) in [5.74, 6) is -0.442. The second kappa shape index (κ2) is 10.6. The lowest BCUT2D eigenvalue weighted by Gasteiger charge is -1.88. The Morgan fingerprint density at radius 3 is 2.08 bits per heavy atom. The first-order valence-electron chi connectivity index (χ1n) is 4.50. The van der Waals surface area contributed by atoms with E-state index in [9.17, 15) is 4.79 Å². The van der Waals surface area contributed by atoms with Gasteiger partial charge in [-0.15, -0.1) is 0 Å². The highest BCUT2D eigenvalue weighted by atomic mass is 16.1. The Balaban J connectivity index is 0. The van der Waals surface area contributed by atoms with Gasteiger partial charge in [-0.3, -0.25) is 9.78 Å². The smallest absolute Gasteiger partial charge is 0.250 e. The molecule has 0 aromatic carbocycles. The number of rotatable bonds is 1. The molecule has 3 nitrogen and oxygen atoms in total. The molecule has 0 bridgehead atoms. The van der Waals surface area contributed by atoms with Crippen LogP contribution < -0.4 is 5.73 Å². The molecule has 1 aromatic heterocycles. The Kier molecular flexibility index (Phi) is 11.6. The lowest BCUT2D eigenvalue weighted by molar-refractivity contribution is 0.1000. The van der Waals surface area contributed by atoms with Crippen LogP contribution in [0.5, 0.6) is 0 Å². The zero-order valence-corrected chi connectivity index (χ0v) is 8.74. The molecule has 0 atom stereocenters. The minimum Gasteiger partial charge on any atom is -0.366 e. The lowest BCUT2D eigenvalue weighted by atomic mass is 10.3. The molecule has 0 aliphatic heterocycles. The van der Waals surface area contributed by atoms with Crippen LogP contribution in [0.3, 0.4) is 0 Å². The fraction of sp³-hybridized carbons (Fsp3) is 0.400. The van der Waals surface area contributed by atoms with Gasteiger partial charge in [-0.05, 0) is 12.1 Å². The van der Waals surface area contributed by atoms with E-state index in [1.54, 1.807) is 18.3 Å². The van der Waals surface area contributed by atoms with Gasteiger partial charge in [0.25, 0.3) is 0 Å². The number of nitrogens with zero attached hydrogens (tertiary/aromatic N) is 1. The van der Waals surface area contributed by atoms with Crippen molar-refractivity contribution in [3.05, 3.63) is 30.1 Å². The van der Waals surface area contributed by atoms with E-state index in [2.05, 4.69) is 4.98 Å². The fourth-order valence-corrected chi connectivity index (χ4v) is 0.509. The third-order valence-corrected chi connectivity index (χ3v) is 0.946. The maximum Gasteiger partial charge on any atom is 0.250 e. The summed E-state index contributed by atoms with van der Waals surface area (Å²) in [6.07, 6.45) is 3.02. The maximum absolute atomic E-state index is 10.4. The predicted octanol–water partition coefficient (Wildman–Crippen LogP) is 2.23. The Morgan fingerprint density at radius 1 is 1.31 bits per heavy atom. The van der Waals surface area contributed by atoms with Crippen molar-refractivity contribution in [2.75, 3.05) is 0 Å². The van der Waals surface area contributed by atoms with E-state index in [0.29, 0.717) is 5.56 Å². The zero-order chi connectivity index (χ0) is 10.7. The van der Waals surface area contributed by atoms with Crippen LogP contribution in [0.1, 0.15) is 38.1 Å². The summed E-state index contributed by atoms with van der Waals surface area (Å²) in [6, 6.07) is 3.29. The Labute approximate surface area is 80.0 Å². The van der Waals surface area contributed by atoms with Crippen molar-refractivity contribution in [1.82, 2.24) is 4.98 Å². The van der Waals surface area contributed by atoms with Gasteiger partial charge in [0, 0.05) is 12.4 Å². The molecule has 3 heteroatoms. The van der Waals surface area contributed by atoms with Crippen LogP contribution in [-0.4, -0.2) is 10.9 Å². The highest BCUT2D eigenvalue weighted by Crippen LogP contribution is 1.91. The fourth-order valence-electron chi connectivity index (χ4n) is 0.509. The van der Waals surface area contributed by atoms with Gasteiger partial charge in [0.2, 0.25) is 5.91 Å². The third kappa shape index (κ3) is 7.00. The highest BCUT2D eigenvalue weighted by Gasteiger charge is 1.94. The average Bonchev–Trinajstić information content (AvgIpc) is 2.25. The molecule has 1 heterocycles. The minimum absolute atomic E-state index is 0.442. The molecular weight excluding hydrogens is 164 g/mol. The summed E-state index contributed by atoms with van der Waals surface area (Å²) in [6.45, 7) is 8.00. The van der Waals surface area contributed by atoms with Crippen LogP contribution in [0.2, 0.25) is 0 Å². The topological polar surface area (TPSA) is 56.0 Å². The van der Waals surface area contributed by atoms with Crippen molar-refractivity contribution in [3.63, 3.8) is 0 Å². The van der Waals surface area contributed by atoms with Crippen molar-refractivity contribution < 1.29 is 4.79 Å². The van der Waals surface area contributed by atoms with Gasteiger partial charge in [0.15, 0.2) is 0 Å². The number of amides is 1. The van der Waals surface area contributed by atoms with Gasteiger partial charge in [-0.25, -0.2) is 0 Å². The number of carbonyl (C=O) groups excluding carboxylic acids is 1. The lowest BCUT2D eigenvalue weighted by Crippen LogP contribution is -2.10. The number of carbonyl (C=O) groups is 1. The number of primary amides is 1. The van der Waals surface area contributed by atoms with E-state index >= 15 is 0 Å². The standard InChI is InChI=1S/C6H6N2O.2C2H6/c7-6(9)5-2-1-3-8-4-5;2*1-2/h1-4H,(H2,7,9);2*1-2H3. The first-order valence-corrected chi connectivity index (χ1v) is 4.50. The van der Waals surface area contributed by atoms with Crippen molar-refractivity contribution >= 4 is 5.91 Å². The van der Waals surface area contributed by atoms with Crippen molar-refractivity contribution in [2.24, 2.45) is 5.73 Å². The Bertz CT molecular complexity index is 209. The molecule has 0 fully saturated rings. The summed E-state index contributed by atoms with van der Waals surface area (Å²) < 4.78 is 0. The largest absolute Gasteiger partial charge is 0.366 e. The first kappa shape index (κ1) is 14.2. The minimum atomic E-state index is -0.442. The maximum atomic E-state index is 10.4. The quantitative estimate of drug-likeness (QED) is 0.724. The van der Waals surface area contributed by atoms with Crippen molar-refractivity contribution in [2.45, 2.75) is 27.7 Å². The van der Waals surface area contributed by atoms with Crippen LogP contribution in [0, 0.1) is 0 Å². The molecule has 74 valence electrons. The van der Waals surface area contributed by atoms with Crippen molar-refractivity contribution in [3.8, 4) is 0 Å². The molecule has 0 aliphatic rings. The summed E-state index contributed by atoms with van der Waals surface area (Å²) >= 11 is 0. The number of nitrogens with two attached hydrogens (primary N) is 1.